The zero-order valence-corrected chi connectivity index (χ0v) is 15.1. The molecule has 0 aliphatic heterocycles. The van der Waals surface area contributed by atoms with Crippen molar-refractivity contribution in [1.29, 1.82) is 0 Å². The highest BCUT2D eigenvalue weighted by Crippen LogP contribution is 2.28. The largest absolute Gasteiger partial charge is 0.356 e. The number of aromatic nitrogens is 1. The molecule has 3 rings (SSSR count). The zero-order chi connectivity index (χ0) is 14.7. The van der Waals surface area contributed by atoms with Gasteiger partial charge in [-0.2, -0.15) is 0 Å². The van der Waals surface area contributed by atoms with Crippen LogP contribution in [0.25, 0.3) is 11.3 Å². The van der Waals surface area contributed by atoms with Gasteiger partial charge in [0.05, 0.1) is 6.54 Å². The summed E-state index contributed by atoms with van der Waals surface area (Å²) in [4.78, 5) is 4.22. The fraction of sp³-hybridized carbons (Fsp3) is 0.375. The molecule has 2 unspecified atom stereocenters. The van der Waals surface area contributed by atoms with Crippen molar-refractivity contribution in [2.45, 2.75) is 25.9 Å². The van der Waals surface area contributed by atoms with Gasteiger partial charge < -0.3 is 15.2 Å². The molecule has 0 amide bonds. The predicted octanol–water partition coefficient (Wildman–Crippen LogP) is 3.03. The lowest BCUT2D eigenvalue weighted by Crippen LogP contribution is -2.38. The molecular formula is C16H21IN4O. The molecule has 2 N–H and O–H groups in total. The van der Waals surface area contributed by atoms with Crippen molar-refractivity contribution in [3.63, 3.8) is 0 Å². The zero-order valence-electron chi connectivity index (χ0n) is 12.7. The summed E-state index contributed by atoms with van der Waals surface area (Å²) < 4.78 is 5.38. The first-order valence-corrected chi connectivity index (χ1v) is 7.24. The summed E-state index contributed by atoms with van der Waals surface area (Å²) >= 11 is 0. The van der Waals surface area contributed by atoms with Gasteiger partial charge in [-0.25, -0.2) is 0 Å². The maximum Gasteiger partial charge on any atom is 0.191 e. The number of nitrogens with one attached hydrogen (secondary N) is 2. The van der Waals surface area contributed by atoms with E-state index in [1.54, 1.807) is 7.05 Å². The van der Waals surface area contributed by atoms with Crippen LogP contribution in [0.5, 0.6) is 0 Å². The molecule has 6 heteroatoms. The molecular weight excluding hydrogens is 391 g/mol. The van der Waals surface area contributed by atoms with Gasteiger partial charge in [-0.1, -0.05) is 42.4 Å². The average Bonchev–Trinajstić information content (AvgIpc) is 3.02. The second-order valence-corrected chi connectivity index (χ2v) is 5.44. The lowest BCUT2D eigenvalue weighted by molar-refractivity contribution is 0.422. The molecule has 0 spiro atoms. The van der Waals surface area contributed by atoms with Crippen molar-refractivity contribution in [2.75, 3.05) is 7.05 Å². The summed E-state index contributed by atoms with van der Waals surface area (Å²) in [5.41, 5.74) is 1.89. The van der Waals surface area contributed by atoms with Gasteiger partial charge in [-0.3, -0.25) is 4.99 Å². The molecule has 2 atom stereocenters. The Morgan fingerprint density at radius 3 is 2.73 bits per heavy atom. The number of nitrogens with zero attached hydrogens (tertiary/aromatic N) is 2. The first kappa shape index (κ1) is 16.8. The smallest absolute Gasteiger partial charge is 0.191 e. The summed E-state index contributed by atoms with van der Waals surface area (Å²) in [5.74, 6) is 2.33. The first-order chi connectivity index (χ1) is 10.3. The van der Waals surface area contributed by atoms with E-state index in [4.69, 9.17) is 4.52 Å². The Hall–Kier alpha value is -1.57. The molecule has 1 aliphatic rings. The van der Waals surface area contributed by atoms with E-state index < -0.39 is 0 Å². The van der Waals surface area contributed by atoms with Crippen molar-refractivity contribution in [2.24, 2.45) is 10.9 Å². The number of guanidine groups is 1. The molecule has 1 aromatic carbocycles. The fourth-order valence-electron chi connectivity index (χ4n) is 2.20. The van der Waals surface area contributed by atoms with Crippen molar-refractivity contribution >= 4 is 29.9 Å². The molecule has 1 aromatic heterocycles. The normalized spacial score (nSPS) is 20.2. The van der Waals surface area contributed by atoms with Crippen LogP contribution in [0.1, 0.15) is 19.0 Å². The molecule has 118 valence electrons. The van der Waals surface area contributed by atoms with Crippen molar-refractivity contribution in [3.8, 4) is 11.3 Å². The fourth-order valence-corrected chi connectivity index (χ4v) is 2.20. The van der Waals surface area contributed by atoms with Gasteiger partial charge in [0.15, 0.2) is 11.7 Å². The number of hydrogen-bond donors (Lipinski definition) is 2. The highest BCUT2D eigenvalue weighted by Gasteiger charge is 2.33. The van der Waals surface area contributed by atoms with E-state index >= 15 is 0 Å². The minimum Gasteiger partial charge on any atom is -0.356 e. The van der Waals surface area contributed by atoms with Gasteiger partial charge in [0.25, 0.3) is 0 Å². The van der Waals surface area contributed by atoms with Crippen molar-refractivity contribution < 1.29 is 4.52 Å². The van der Waals surface area contributed by atoms with Gasteiger partial charge in [0, 0.05) is 24.7 Å². The Balaban J connectivity index is 0.00000176. The Kier molecular flexibility index (Phi) is 5.82. The van der Waals surface area contributed by atoms with Gasteiger partial charge >= 0.3 is 0 Å². The van der Waals surface area contributed by atoms with E-state index in [1.165, 1.54) is 6.42 Å². The standard InChI is InChI=1S/C16H20N4O.HI/c1-11-8-14(11)19-16(17-2)18-10-13-9-15(21-20-13)12-6-4-3-5-7-12;/h3-7,9,11,14H,8,10H2,1-2H3,(H2,17,18,19);1H. The quantitative estimate of drug-likeness (QED) is 0.461. The molecule has 22 heavy (non-hydrogen) atoms. The van der Waals surface area contributed by atoms with Crippen LogP contribution < -0.4 is 10.6 Å². The van der Waals surface area contributed by atoms with Crippen LogP contribution in [-0.2, 0) is 6.54 Å². The molecule has 1 aliphatic carbocycles. The van der Waals surface area contributed by atoms with E-state index in [0.717, 1.165) is 28.9 Å². The van der Waals surface area contributed by atoms with Crippen LogP contribution in [0.2, 0.25) is 0 Å². The monoisotopic (exact) mass is 412 g/mol. The Labute approximate surface area is 147 Å². The highest BCUT2D eigenvalue weighted by molar-refractivity contribution is 14.0. The van der Waals surface area contributed by atoms with Crippen LogP contribution in [0.3, 0.4) is 0 Å². The Morgan fingerprint density at radius 2 is 2.09 bits per heavy atom. The topological polar surface area (TPSA) is 62.5 Å². The van der Waals surface area contributed by atoms with Crippen molar-refractivity contribution in [1.82, 2.24) is 15.8 Å². The van der Waals surface area contributed by atoms with Gasteiger partial charge in [0.2, 0.25) is 0 Å². The van der Waals surface area contributed by atoms with E-state index in [1.807, 2.05) is 36.4 Å². The predicted molar refractivity (Wildman–Crippen MR) is 98.3 cm³/mol. The first-order valence-electron chi connectivity index (χ1n) is 7.24. The number of aliphatic imine (C=N–C) groups is 1. The van der Waals surface area contributed by atoms with Crippen LogP contribution in [0.15, 0.2) is 45.9 Å². The molecule has 0 saturated heterocycles. The summed E-state index contributed by atoms with van der Waals surface area (Å²) in [7, 11) is 1.78. The number of rotatable bonds is 4. The summed E-state index contributed by atoms with van der Waals surface area (Å²) in [6.45, 7) is 2.83. The molecule has 5 nitrogen and oxygen atoms in total. The molecule has 0 bridgehead atoms. The maximum absolute atomic E-state index is 5.38. The van der Waals surface area contributed by atoms with Gasteiger partial charge in [-0.15, -0.1) is 24.0 Å². The lowest BCUT2D eigenvalue weighted by atomic mass is 10.2. The summed E-state index contributed by atoms with van der Waals surface area (Å²) in [5, 5.41) is 10.7. The summed E-state index contributed by atoms with van der Waals surface area (Å²) in [6.07, 6.45) is 1.21. The molecule has 0 radical (unpaired) electrons. The third-order valence-corrected chi connectivity index (χ3v) is 3.71. The van der Waals surface area contributed by atoms with Crippen LogP contribution in [-0.4, -0.2) is 24.2 Å². The molecule has 1 saturated carbocycles. The third-order valence-electron chi connectivity index (χ3n) is 3.71. The molecule has 1 fully saturated rings. The highest BCUT2D eigenvalue weighted by atomic mass is 127. The SMILES string of the molecule is CN=C(NCc1cc(-c2ccccc2)on1)NC1CC1C.I. The van der Waals surface area contributed by atoms with Crippen LogP contribution in [0, 0.1) is 5.92 Å². The number of hydrogen-bond acceptors (Lipinski definition) is 3. The second-order valence-electron chi connectivity index (χ2n) is 5.44. The Bertz CT molecular complexity index is 626. The Morgan fingerprint density at radius 1 is 1.36 bits per heavy atom. The second kappa shape index (κ2) is 7.62. The molecule has 2 aromatic rings. The van der Waals surface area contributed by atoms with E-state index in [-0.39, 0.29) is 24.0 Å². The molecule has 1 heterocycles. The lowest BCUT2D eigenvalue weighted by Gasteiger charge is -2.09. The number of benzene rings is 1. The average molecular weight is 412 g/mol. The van der Waals surface area contributed by atoms with Crippen LogP contribution >= 0.6 is 24.0 Å². The third kappa shape index (κ3) is 4.22. The van der Waals surface area contributed by atoms with Crippen molar-refractivity contribution in [3.05, 3.63) is 42.1 Å². The van der Waals surface area contributed by atoms with E-state index in [2.05, 4.69) is 27.7 Å². The number of halogens is 1. The van der Waals surface area contributed by atoms with Crippen LogP contribution in [0.4, 0.5) is 0 Å². The van der Waals surface area contributed by atoms with E-state index in [0.29, 0.717) is 12.6 Å². The van der Waals surface area contributed by atoms with Gasteiger partial charge in [0.1, 0.15) is 5.69 Å². The van der Waals surface area contributed by atoms with Gasteiger partial charge in [-0.05, 0) is 12.3 Å². The minimum atomic E-state index is 0. The summed E-state index contributed by atoms with van der Waals surface area (Å²) in [6, 6.07) is 12.5. The van der Waals surface area contributed by atoms with E-state index in [9.17, 15) is 0 Å². The minimum absolute atomic E-state index is 0. The maximum atomic E-state index is 5.38.